The van der Waals surface area contributed by atoms with E-state index in [1.54, 1.807) is 54.6 Å². The molecule has 170 valence electrons. The van der Waals surface area contributed by atoms with E-state index in [9.17, 15) is 4.79 Å². The van der Waals surface area contributed by atoms with Crippen molar-refractivity contribution in [2.75, 3.05) is 10.6 Å². The van der Waals surface area contributed by atoms with E-state index in [0.717, 1.165) is 11.3 Å². The predicted molar refractivity (Wildman–Crippen MR) is 138 cm³/mol. The molecule has 0 aliphatic carbocycles. The number of halogens is 1. The van der Waals surface area contributed by atoms with Crippen LogP contribution >= 0.6 is 23.8 Å². The van der Waals surface area contributed by atoms with Crippen LogP contribution in [0.1, 0.15) is 11.6 Å². The third-order valence-corrected chi connectivity index (χ3v) is 5.26. The van der Waals surface area contributed by atoms with Crippen molar-refractivity contribution in [2.45, 2.75) is 6.04 Å². The SMILES string of the molecule is NC(C(=O)Oc1ccccc1NC(=S)Nc1ccc(-c2ccccc2)nn1)c1ccc(Cl)cc1. The number of nitrogens with one attached hydrogen (secondary N) is 2. The molecule has 0 amide bonds. The topological polar surface area (TPSA) is 102 Å². The molecule has 4 N–H and O–H groups in total. The number of thiocarbonyl (C=S) groups is 1. The van der Waals surface area contributed by atoms with Gasteiger partial charge in [0, 0.05) is 10.6 Å². The van der Waals surface area contributed by atoms with Crippen molar-refractivity contribution in [3.05, 3.63) is 102 Å². The van der Waals surface area contributed by atoms with E-state index in [4.69, 9.17) is 34.3 Å². The second kappa shape index (κ2) is 10.8. The van der Waals surface area contributed by atoms with Crippen LogP contribution in [0.4, 0.5) is 11.5 Å². The Kier molecular flexibility index (Phi) is 7.44. The van der Waals surface area contributed by atoms with Crippen LogP contribution in [-0.2, 0) is 4.79 Å². The van der Waals surface area contributed by atoms with E-state index in [1.807, 2.05) is 36.4 Å². The normalized spacial score (nSPS) is 11.4. The summed E-state index contributed by atoms with van der Waals surface area (Å²) in [7, 11) is 0. The molecule has 1 aromatic heterocycles. The molecular formula is C25H20ClN5O2S. The number of carbonyl (C=O) groups excluding carboxylic acids is 1. The van der Waals surface area contributed by atoms with E-state index in [0.29, 0.717) is 22.1 Å². The van der Waals surface area contributed by atoms with Gasteiger partial charge in [-0.05, 0) is 54.2 Å². The summed E-state index contributed by atoms with van der Waals surface area (Å²) in [5, 5.41) is 15.2. The Morgan fingerprint density at radius 1 is 0.882 bits per heavy atom. The van der Waals surface area contributed by atoms with E-state index in [-0.39, 0.29) is 10.9 Å². The molecule has 0 fully saturated rings. The van der Waals surface area contributed by atoms with Crippen molar-refractivity contribution >= 4 is 46.4 Å². The average Bonchev–Trinajstić information content (AvgIpc) is 2.86. The highest BCUT2D eigenvalue weighted by atomic mass is 35.5. The lowest BCUT2D eigenvalue weighted by molar-refractivity contribution is -0.135. The van der Waals surface area contributed by atoms with Gasteiger partial charge >= 0.3 is 5.97 Å². The van der Waals surface area contributed by atoms with Gasteiger partial charge in [-0.3, -0.25) is 0 Å². The molecule has 9 heteroatoms. The molecule has 4 aromatic rings. The molecule has 7 nitrogen and oxygen atoms in total. The molecule has 3 aromatic carbocycles. The summed E-state index contributed by atoms with van der Waals surface area (Å²) in [5.41, 5.74) is 8.85. The predicted octanol–water partition coefficient (Wildman–Crippen LogP) is 5.21. The number of esters is 1. The van der Waals surface area contributed by atoms with E-state index in [1.165, 1.54) is 0 Å². The molecule has 1 unspecified atom stereocenters. The number of carbonyl (C=O) groups is 1. The van der Waals surface area contributed by atoms with Crippen molar-refractivity contribution in [3.8, 4) is 17.0 Å². The van der Waals surface area contributed by atoms with Crippen molar-refractivity contribution in [1.82, 2.24) is 10.2 Å². The van der Waals surface area contributed by atoms with Gasteiger partial charge in [0.25, 0.3) is 0 Å². The van der Waals surface area contributed by atoms with Gasteiger partial charge in [0.2, 0.25) is 0 Å². The lowest BCUT2D eigenvalue weighted by atomic mass is 10.1. The Labute approximate surface area is 206 Å². The Bertz CT molecular complexity index is 1280. The summed E-state index contributed by atoms with van der Waals surface area (Å²) >= 11 is 11.3. The number of aromatic nitrogens is 2. The summed E-state index contributed by atoms with van der Waals surface area (Å²) in [6, 6.07) is 26.0. The first-order valence-corrected chi connectivity index (χ1v) is 11.1. The number of benzene rings is 3. The second-order valence-corrected chi connectivity index (χ2v) is 8.04. The van der Waals surface area contributed by atoms with Crippen molar-refractivity contribution in [2.24, 2.45) is 5.73 Å². The highest BCUT2D eigenvalue weighted by Crippen LogP contribution is 2.26. The zero-order valence-electron chi connectivity index (χ0n) is 17.8. The summed E-state index contributed by atoms with van der Waals surface area (Å²) in [4.78, 5) is 12.6. The minimum Gasteiger partial charge on any atom is -0.423 e. The minimum atomic E-state index is -0.964. The molecule has 1 atom stereocenters. The Morgan fingerprint density at radius 3 is 2.29 bits per heavy atom. The highest BCUT2D eigenvalue weighted by molar-refractivity contribution is 7.80. The molecule has 0 saturated carbocycles. The fraction of sp³-hybridized carbons (Fsp3) is 0.0400. The van der Waals surface area contributed by atoms with Crippen molar-refractivity contribution in [1.29, 1.82) is 0 Å². The van der Waals surface area contributed by atoms with Gasteiger partial charge in [0.05, 0.1) is 11.4 Å². The highest BCUT2D eigenvalue weighted by Gasteiger charge is 2.19. The molecule has 0 aliphatic heterocycles. The van der Waals surface area contributed by atoms with Gasteiger partial charge in [0.1, 0.15) is 6.04 Å². The molecule has 0 spiro atoms. The molecule has 0 saturated heterocycles. The number of ether oxygens (including phenoxy) is 1. The lowest BCUT2D eigenvalue weighted by Crippen LogP contribution is -2.27. The van der Waals surface area contributed by atoms with Crippen LogP contribution in [0.25, 0.3) is 11.3 Å². The molecule has 4 rings (SSSR count). The van der Waals surface area contributed by atoms with Gasteiger partial charge in [-0.2, -0.15) is 0 Å². The number of nitrogens with two attached hydrogens (primary N) is 1. The first kappa shape index (κ1) is 23.3. The fourth-order valence-electron chi connectivity index (χ4n) is 3.07. The maximum atomic E-state index is 12.6. The number of para-hydroxylation sites is 2. The van der Waals surface area contributed by atoms with Crippen LogP contribution in [0.2, 0.25) is 5.02 Å². The van der Waals surface area contributed by atoms with Crippen LogP contribution in [0.5, 0.6) is 5.75 Å². The molecule has 34 heavy (non-hydrogen) atoms. The molecule has 0 radical (unpaired) electrons. The lowest BCUT2D eigenvalue weighted by Gasteiger charge is -2.16. The summed E-state index contributed by atoms with van der Waals surface area (Å²) in [6.07, 6.45) is 0. The molecule has 0 bridgehead atoms. The van der Waals surface area contributed by atoms with Gasteiger partial charge in [-0.25, -0.2) is 4.79 Å². The third kappa shape index (κ3) is 5.93. The minimum absolute atomic E-state index is 0.257. The van der Waals surface area contributed by atoms with Crippen LogP contribution in [-0.4, -0.2) is 21.3 Å². The van der Waals surface area contributed by atoms with Gasteiger partial charge < -0.3 is 21.1 Å². The first-order chi connectivity index (χ1) is 16.5. The van der Waals surface area contributed by atoms with Crippen molar-refractivity contribution in [3.63, 3.8) is 0 Å². The Balaban J connectivity index is 1.40. The van der Waals surface area contributed by atoms with E-state index in [2.05, 4.69) is 20.8 Å². The molecular weight excluding hydrogens is 470 g/mol. The molecule has 1 heterocycles. The average molecular weight is 490 g/mol. The standard InChI is InChI=1S/C25H20ClN5O2S/c26-18-12-10-17(11-13-18)23(27)24(32)33-21-9-5-4-8-20(21)28-25(34)29-22-15-14-19(30-31-22)16-6-2-1-3-7-16/h1-15,23H,27H2,(H2,28,29,31,34). The number of nitrogens with zero attached hydrogens (tertiary/aromatic N) is 2. The molecule has 0 aliphatic rings. The summed E-state index contributed by atoms with van der Waals surface area (Å²) in [5.74, 6) is 0.140. The zero-order chi connectivity index (χ0) is 23.9. The van der Waals surface area contributed by atoms with Crippen LogP contribution in [0, 0.1) is 0 Å². The van der Waals surface area contributed by atoms with Crippen LogP contribution in [0.3, 0.4) is 0 Å². The number of hydrogen-bond acceptors (Lipinski definition) is 6. The maximum Gasteiger partial charge on any atom is 0.333 e. The smallest absolute Gasteiger partial charge is 0.333 e. The second-order valence-electron chi connectivity index (χ2n) is 7.20. The summed E-state index contributed by atoms with van der Waals surface area (Å²) in [6.45, 7) is 0. The quantitative estimate of drug-likeness (QED) is 0.193. The Hall–Kier alpha value is -3.85. The first-order valence-electron chi connectivity index (χ1n) is 10.3. The van der Waals surface area contributed by atoms with Gasteiger partial charge in [0.15, 0.2) is 16.7 Å². The van der Waals surface area contributed by atoms with Crippen LogP contribution < -0.4 is 21.1 Å². The van der Waals surface area contributed by atoms with E-state index >= 15 is 0 Å². The van der Waals surface area contributed by atoms with Gasteiger partial charge in [-0.1, -0.05) is 66.2 Å². The van der Waals surface area contributed by atoms with Crippen molar-refractivity contribution < 1.29 is 9.53 Å². The Morgan fingerprint density at radius 2 is 1.59 bits per heavy atom. The maximum absolute atomic E-state index is 12.6. The van der Waals surface area contributed by atoms with Gasteiger partial charge in [-0.15, -0.1) is 10.2 Å². The summed E-state index contributed by atoms with van der Waals surface area (Å²) < 4.78 is 5.53. The number of rotatable bonds is 6. The number of hydrogen-bond donors (Lipinski definition) is 3. The monoisotopic (exact) mass is 489 g/mol. The zero-order valence-corrected chi connectivity index (χ0v) is 19.4. The number of anilines is 2. The fourth-order valence-corrected chi connectivity index (χ4v) is 3.41. The van der Waals surface area contributed by atoms with E-state index < -0.39 is 12.0 Å². The largest absolute Gasteiger partial charge is 0.423 e. The van der Waals surface area contributed by atoms with Crippen LogP contribution in [0.15, 0.2) is 91.0 Å². The third-order valence-electron chi connectivity index (χ3n) is 4.80.